The predicted octanol–water partition coefficient (Wildman–Crippen LogP) is 2.15. The molecule has 1 N–H and O–H groups in total. The Bertz CT molecular complexity index is 301. The smallest absolute Gasteiger partial charge is 0.226 e. The summed E-state index contributed by atoms with van der Waals surface area (Å²) in [6, 6.07) is 0. The zero-order chi connectivity index (χ0) is 10.6. The Balaban J connectivity index is 3.00. The summed E-state index contributed by atoms with van der Waals surface area (Å²) in [6.07, 6.45) is 1.97. The maximum Gasteiger partial charge on any atom is 0.226 e. The van der Waals surface area contributed by atoms with Crippen LogP contribution in [0.1, 0.15) is 32.5 Å². The van der Waals surface area contributed by atoms with E-state index in [4.69, 9.17) is 0 Å². The largest absolute Gasteiger partial charge is 0.354 e. The number of thioether (sulfide) groups is 1. The molecule has 0 aliphatic carbocycles. The molecule has 14 heavy (non-hydrogen) atoms. The average Bonchev–Trinajstić information content (AvgIpc) is 2.17. The van der Waals surface area contributed by atoms with Gasteiger partial charge in [-0.15, -0.1) is 0 Å². The quantitative estimate of drug-likeness (QED) is 0.775. The van der Waals surface area contributed by atoms with Crippen molar-refractivity contribution in [1.82, 2.24) is 15.0 Å². The van der Waals surface area contributed by atoms with Crippen LogP contribution in [0, 0.1) is 0 Å². The Morgan fingerprint density at radius 1 is 1.29 bits per heavy atom. The highest BCUT2D eigenvalue weighted by atomic mass is 32.2. The van der Waals surface area contributed by atoms with E-state index in [2.05, 4.69) is 34.1 Å². The first kappa shape index (κ1) is 11.2. The number of rotatable bonds is 4. The van der Waals surface area contributed by atoms with Gasteiger partial charge in [-0.3, -0.25) is 0 Å². The second-order valence-electron chi connectivity index (χ2n) is 3.19. The molecule has 1 heterocycles. The molecule has 78 valence electrons. The molecule has 0 atom stereocenters. The maximum absolute atomic E-state index is 4.33. The van der Waals surface area contributed by atoms with E-state index in [0.717, 1.165) is 17.5 Å². The van der Waals surface area contributed by atoms with Crippen molar-refractivity contribution in [3.63, 3.8) is 0 Å². The van der Waals surface area contributed by atoms with E-state index >= 15 is 0 Å². The lowest BCUT2D eigenvalue weighted by atomic mass is 10.2. The van der Waals surface area contributed by atoms with Gasteiger partial charge in [0.15, 0.2) is 5.16 Å². The third-order valence-corrected chi connectivity index (χ3v) is 2.21. The van der Waals surface area contributed by atoms with E-state index < -0.39 is 0 Å². The molecule has 5 heteroatoms. The Morgan fingerprint density at radius 2 is 2.00 bits per heavy atom. The van der Waals surface area contributed by atoms with Crippen LogP contribution in [0.3, 0.4) is 0 Å². The summed E-state index contributed by atoms with van der Waals surface area (Å²) >= 11 is 1.54. The topological polar surface area (TPSA) is 50.7 Å². The zero-order valence-electron chi connectivity index (χ0n) is 9.03. The molecular formula is C9H16N4S. The van der Waals surface area contributed by atoms with Gasteiger partial charge in [0.05, 0.1) is 0 Å². The van der Waals surface area contributed by atoms with Gasteiger partial charge in [-0.05, 0) is 13.2 Å². The molecule has 0 radical (unpaired) electrons. The van der Waals surface area contributed by atoms with E-state index in [1.54, 1.807) is 0 Å². The van der Waals surface area contributed by atoms with E-state index in [-0.39, 0.29) is 0 Å². The highest BCUT2D eigenvalue weighted by molar-refractivity contribution is 7.98. The Hall–Kier alpha value is -0.840. The molecule has 0 saturated carbocycles. The first-order valence-corrected chi connectivity index (χ1v) is 5.93. The maximum atomic E-state index is 4.33. The van der Waals surface area contributed by atoms with E-state index in [0.29, 0.717) is 11.9 Å². The number of hydrogen-bond donors (Lipinski definition) is 1. The Morgan fingerprint density at radius 3 is 2.50 bits per heavy atom. The lowest BCUT2D eigenvalue weighted by Crippen LogP contribution is -2.08. The van der Waals surface area contributed by atoms with Crippen LogP contribution in [-0.2, 0) is 0 Å². The van der Waals surface area contributed by atoms with Crippen molar-refractivity contribution in [2.24, 2.45) is 0 Å². The van der Waals surface area contributed by atoms with Crippen molar-refractivity contribution in [3.8, 4) is 0 Å². The van der Waals surface area contributed by atoms with Crippen LogP contribution < -0.4 is 5.32 Å². The van der Waals surface area contributed by atoms with Gasteiger partial charge in [0, 0.05) is 12.5 Å². The Labute approximate surface area is 89.0 Å². The van der Waals surface area contributed by atoms with Crippen molar-refractivity contribution in [2.45, 2.75) is 31.8 Å². The second kappa shape index (κ2) is 5.14. The summed E-state index contributed by atoms with van der Waals surface area (Å²) in [6.45, 7) is 7.01. The van der Waals surface area contributed by atoms with Gasteiger partial charge in [-0.1, -0.05) is 25.6 Å². The standard InChI is InChI=1S/C9H16N4S/c1-5-10-8-11-7(6(2)3)12-9(13-8)14-4/h6H,5H2,1-4H3,(H,10,11,12,13). The van der Waals surface area contributed by atoms with Crippen LogP contribution in [-0.4, -0.2) is 27.8 Å². The van der Waals surface area contributed by atoms with Crippen LogP contribution >= 0.6 is 11.8 Å². The molecule has 0 spiro atoms. The van der Waals surface area contributed by atoms with Gasteiger partial charge in [0.2, 0.25) is 5.95 Å². The predicted molar refractivity (Wildman–Crippen MR) is 59.9 cm³/mol. The van der Waals surface area contributed by atoms with Crippen LogP contribution in [0.15, 0.2) is 5.16 Å². The minimum absolute atomic E-state index is 0.335. The highest BCUT2D eigenvalue weighted by Crippen LogP contribution is 2.15. The minimum Gasteiger partial charge on any atom is -0.354 e. The minimum atomic E-state index is 0.335. The molecular weight excluding hydrogens is 196 g/mol. The monoisotopic (exact) mass is 212 g/mol. The summed E-state index contributed by atoms with van der Waals surface area (Å²) in [5.41, 5.74) is 0. The van der Waals surface area contributed by atoms with Gasteiger partial charge < -0.3 is 5.32 Å². The van der Waals surface area contributed by atoms with Crippen molar-refractivity contribution in [3.05, 3.63) is 5.82 Å². The molecule has 0 aromatic carbocycles. The lowest BCUT2D eigenvalue weighted by Gasteiger charge is -2.08. The van der Waals surface area contributed by atoms with E-state index in [1.807, 2.05) is 13.2 Å². The van der Waals surface area contributed by atoms with Gasteiger partial charge in [0.1, 0.15) is 5.82 Å². The van der Waals surface area contributed by atoms with Crippen LogP contribution in [0.25, 0.3) is 0 Å². The Kier molecular flexibility index (Phi) is 4.13. The van der Waals surface area contributed by atoms with Crippen LogP contribution in [0.2, 0.25) is 0 Å². The number of hydrogen-bond acceptors (Lipinski definition) is 5. The van der Waals surface area contributed by atoms with Crippen LogP contribution in [0.4, 0.5) is 5.95 Å². The first-order valence-electron chi connectivity index (χ1n) is 4.71. The number of nitrogens with one attached hydrogen (secondary N) is 1. The van der Waals surface area contributed by atoms with Crippen molar-refractivity contribution in [1.29, 1.82) is 0 Å². The fourth-order valence-electron chi connectivity index (χ4n) is 0.959. The number of anilines is 1. The van der Waals surface area contributed by atoms with Gasteiger partial charge in [-0.2, -0.15) is 9.97 Å². The van der Waals surface area contributed by atoms with Crippen molar-refractivity contribution < 1.29 is 0 Å². The normalized spacial score (nSPS) is 10.6. The van der Waals surface area contributed by atoms with E-state index in [9.17, 15) is 0 Å². The lowest BCUT2D eigenvalue weighted by molar-refractivity contribution is 0.725. The molecule has 0 bridgehead atoms. The third-order valence-electron chi connectivity index (χ3n) is 1.67. The molecule has 0 aliphatic heterocycles. The summed E-state index contributed by atoms with van der Waals surface area (Å²) in [4.78, 5) is 12.9. The number of nitrogens with zero attached hydrogens (tertiary/aromatic N) is 3. The molecule has 0 saturated heterocycles. The second-order valence-corrected chi connectivity index (χ2v) is 3.96. The van der Waals surface area contributed by atoms with Gasteiger partial charge in [0.25, 0.3) is 0 Å². The highest BCUT2D eigenvalue weighted by Gasteiger charge is 2.07. The molecule has 0 fully saturated rings. The summed E-state index contributed by atoms with van der Waals surface area (Å²) in [7, 11) is 0. The summed E-state index contributed by atoms with van der Waals surface area (Å²) < 4.78 is 0. The average molecular weight is 212 g/mol. The van der Waals surface area contributed by atoms with Crippen molar-refractivity contribution >= 4 is 17.7 Å². The van der Waals surface area contributed by atoms with Crippen molar-refractivity contribution in [2.75, 3.05) is 18.1 Å². The van der Waals surface area contributed by atoms with E-state index in [1.165, 1.54) is 11.8 Å². The van der Waals surface area contributed by atoms with Gasteiger partial charge in [-0.25, -0.2) is 4.98 Å². The third kappa shape index (κ3) is 2.83. The molecule has 0 aliphatic rings. The zero-order valence-corrected chi connectivity index (χ0v) is 9.85. The summed E-state index contributed by atoms with van der Waals surface area (Å²) in [5, 5.41) is 3.88. The van der Waals surface area contributed by atoms with Crippen LogP contribution in [0.5, 0.6) is 0 Å². The number of aromatic nitrogens is 3. The first-order chi connectivity index (χ1) is 6.67. The molecule has 0 unspecified atom stereocenters. The summed E-state index contributed by atoms with van der Waals surface area (Å²) in [5.74, 6) is 1.86. The fraction of sp³-hybridized carbons (Fsp3) is 0.667. The molecule has 0 amide bonds. The SMILES string of the molecule is CCNc1nc(SC)nc(C(C)C)n1. The fourth-order valence-corrected chi connectivity index (χ4v) is 1.32. The molecule has 1 aromatic heterocycles. The molecule has 1 rings (SSSR count). The molecule has 1 aromatic rings. The molecule has 4 nitrogen and oxygen atoms in total. The van der Waals surface area contributed by atoms with Gasteiger partial charge >= 0.3 is 0 Å².